The lowest BCUT2D eigenvalue weighted by Gasteiger charge is -2.40. The first kappa shape index (κ1) is 23.4. The van der Waals surface area contributed by atoms with Crippen LogP contribution in [0.3, 0.4) is 0 Å². The summed E-state index contributed by atoms with van der Waals surface area (Å²) < 4.78 is 0. The number of phenolic OH excluding ortho intramolecular Hbond substituents is 2. The van der Waals surface area contributed by atoms with Gasteiger partial charge in [0.2, 0.25) is 0 Å². The third-order valence-corrected chi connectivity index (χ3v) is 7.04. The highest BCUT2D eigenvalue weighted by atomic mass is 16.3. The van der Waals surface area contributed by atoms with E-state index in [-0.39, 0.29) is 11.5 Å². The topological polar surface area (TPSA) is 46.9 Å². The summed E-state index contributed by atoms with van der Waals surface area (Å²) in [6, 6.07) is 40.7. The van der Waals surface area contributed by atoms with Crippen molar-refractivity contribution in [2.75, 3.05) is 10.0 Å². The van der Waals surface area contributed by atoms with Crippen LogP contribution in [0.15, 0.2) is 121 Å². The van der Waals surface area contributed by atoms with Gasteiger partial charge in [-0.05, 0) is 84.3 Å². The monoisotopic (exact) mass is 496 g/mol. The second-order valence-corrected chi connectivity index (χ2v) is 9.56. The van der Waals surface area contributed by atoms with Crippen LogP contribution in [-0.4, -0.2) is 10.2 Å². The third-order valence-electron chi connectivity index (χ3n) is 7.04. The minimum absolute atomic E-state index is 0.248. The summed E-state index contributed by atoms with van der Waals surface area (Å²) in [6.07, 6.45) is 0. The molecule has 0 aliphatic carbocycles. The molecule has 0 radical (unpaired) electrons. The molecule has 6 aromatic rings. The summed E-state index contributed by atoms with van der Waals surface area (Å²) in [4.78, 5) is 0. The Hall–Kier alpha value is -4.96. The van der Waals surface area contributed by atoms with Crippen molar-refractivity contribution >= 4 is 44.3 Å². The molecule has 0 aliphatic rings. The van der Waals surface area contributed by atoms with Gasteiger partial charge in [0.15, 0.2) is 0 Å². The molecule has 0 amide bonds. The fourth-order valence-corrected chi connectivity index (χ4v) is 5.05. The van der Waals surface area contributed by atoms with E-state index in [1.54, 1.807) is 12.1 Å². The van der Waals surface area contributed by atoms with Crippen molar-refractivity contribution in [2.24, 2.45) is 0 Å². The van der Waals surface area contributed by atoms with Gasteiger partial charge in [-0.15, -0.1) is 0 Å². The number of hydrazine groups is 1. The van der Waals surface area contributed by atoms with E-state index >= 15 is 0 Å². The molecule has 186 valence electrons. The molecule has 4 heteroatoms. The van der Waals surface area contributed by atoms with E-state index in [1.807, 2.05) is 38.1 Å². The van der Waals surface area contributed by atoms with Crippen LogP contribution in [0, 0.1) is 13.8 Å². The molecule has 0 aliphatic heterocycles. The lowest BCUT2D eigenvalue weighted by atomic mass is 10.1. The van der Waals surface area contributed by atoms with Crippen LogP contribution in [0.1, 0.15) is 11.1 Å². The molecular formula is C34H28N2O2. The molecule has 0 spiro atoms. The molecule has 0 unspecified atom stereocenters. The van der Waals surface area contributed by atoms with E-state index < -0.39 is 0 Å². The summed E-state index contributed by atoms with van der Waals surface area (Å²) >= 11 is 0. The average Bonchev–Trinajstić information content (AvgIpc) is 2.94. The van der Waals surface area contributed by atoms with E-state index in [9.17, 15) is 10.2 Å². The van der Waals surface area contributed by atoms with Gasteiger partial charge in [0.25, 0.3) is 0 Å². The van der Waals surface area contributed by atoms with E-state index in [0.717, 1.165) is 55.4 Å². The van der Waals surface area contributed by atoms with E-state index in [2.05, 4.69) is 94.9 Å². The Labute approximate surface area is 222 Å². The zero-order chi connectivity index (χ0) is 26.2. The molecule has 0 aromatic heterocycles. The van der Waals surface area contributed by atoms with E-state index in [4.69, 9.17) is 0 Å². The van der Waals surface area contributed by atoms with Crippen molar-refractivity contribution in [3.8, 4) is 11.5 Å². The highest BCUT2D eigenvalue weighted by Gasteiger charge is 2.25. The molecule has 0 saturated carbocycles. The second kappa shape index (κ2) is 9.49. The van der Waals surface area contributed by atoms with Crippen LogP contribution in [0.5, 0.6) is 11.5 Å². The predicted octanol–water partition coefficient (Wildman–Crippen LogP) is 8.91. The van der Waals surface area contributed by atoms with E-state index in [1.165, 1.54) is 0 Å². The first-order valence-corrected chi connectivity index (χ1v) is 12.7. The lowest BCUT2D eigenvalue weighted by Crippen LogP contribution is -2.36. The quantitative estimate of drug-likeness (QED) is 0.234. The Kier molecular flexibility index (Phi) is 5.85. The van der Waals surface area contributed by atoms with Crippen LogP contribution in [0.4, 0.5) is 22.7 Å². The maximum absolute atomic E-state index is 10.4. The van der Waals surface area contributed by atoms with Gasteiger partial charge < -0.3 is 10.2 Å². The van der Waals surface area contributed by atoms with Gasteiger partial charge in [-0.2, -0.15) is 0 Å². The third kappa shape index (κ3) is 4.06. The van der Waals surface area contributed by atoms with Gasteiger partial charge >= 0.3 is 0 Å². The number of fused-ring (bicyclic) bond motifs is 2. The molecule has 38 heavy (non-hydrogen) atoms. The SMILES string of the molecule is Cc1cc(N(c2ccc(O)c(C)c2)N(c2cccc3ccccc23)c2cccc3ccccc23)ccc1O. The average molecular weight is 497 g/mol. The molecule has 4 nitrogen and oxygen atoms in total. The Bertz CT molecular complexity index is 1650. The number of hydrogen-bond donors (Lipinski definition) is 2. The predicted molar refractivity (Wildman–Crippen MR) is 158 cm³/mol. The molecule has 0 saturated heterocycles. The standard InChI is InChI=1S/C34H28N2O2/c1-23-21-27(17-19-33(23)37)35(28-18-20-34(38)24(2)22-28)36(31-15-7-11-25-9-3-5-13-29(25)31)32-16-8-12-26-10-4-6-14-30(26)32/h3-22,37-38H,1-2H3. The van der Waals surface area contributed by atoms with Crippen LogP contribution in [-0.2, 0) is 0 Å². The maximum atomic E-state index is 10.4. The van der Waals surface area contributed by atoms with Crippen LogP contribution >= 0.6 is 0 Å². The Morgan fingerprint density at radius 3 is 1.32 bits per heavy atom. The molecule has 6 aromatic carbocycles. The van der Waals surface area contributed by atoms with Gasteiger partial charge in [-0.1, -0.05) is 72.8 Å². The second-order valence-electron chi connectivity index (χ2n) is 9.56. The number of aromatic hydroxyl groups is 2. The molecule has 0 bridgehead atoms. The van der Waals surface area contributed by atoms with Crippen LogP contribution in [0.2, 0.25) is 0 Å². The van der Waals surface area contributed by atoms with Crippen molar-refractivity contribution in [3.63, 3.8) is 0 Å². The summed E-state index contributed by atoms with van der Waals surface area (Å²) in [5.41, 5.74) is 5.34. The van der Waals surface area contributed by atoms with E-state index in [0.29, 0.717) is 0 Å². The normalized spacial score (nSPS) is 11.1. The van der Waals surface area contributed by atoms with Crippen molar-refractivity contribution in [1.29, 1.82) is 0 Å². The largest absolute Gasteiger partial charge is 0.508 e. The number of phenols is 2. The van der Waals surface area contributed by atoms with Gasteiger partial charge in [0, 0.05) is 10.8 Å². The summed E-state index contributed by atoms with van der Waals surface area (Å²) in [5, 5.41) is 29.6. The molecular weight excluding hydrogens is 468 g/mol. The van der Waals surface area contributed by atoms with Crippen molar-refractivity contribution in [2.45, 2.75) is 13.8 Å². The minimum atomic E-state index is 0.248. The smallest absolute Gasteiger partial charge is 0.118 e. The van der Waals surface area contributed by atoms with Gasteiger partial charge in [-0.25, -0.2) is 10.0 Å². The minimum Gasteiger partial charge on any atom is -0.508 e. The first-order chi connectivity index (χ1) is 18.5. The molecule has 6 rings (SSSR count). The number of rotatable bonds is 5. The molecule has 0 fully saturated rings. The Balaban J connectivity index is 1.73. The van der Waals surface area contributed by atoms with Crippen LogP contribution < -0.4 is 10.0 Å². The van der Waals surface area contributed by atoms with Crippen molar-refractivity contribution < 1.29 is 10.2 Å². The van der Waals surface area contributed by atoms with Crippen LogP contribution in [0.25, 0.3) is 21.5 Å². The number of benzene rings is 6. The number of hydrogen-bond acceptors (Lipinski definition) is 4. The fourth-order valence-electron chi connectivity index (χ4n) is 5.05. The Morgan fingerprint density at radius 1 is 0.447 bits per heavy atom. The van der Waals surface area contributed by atoms with Crippen molar-refractivity contribution in [3.05, 3.63) is 132 Å². The maximum Gasteiger partial charge on any atom is 0.118 e. The fraction of sp³-hybridized carbons (Fsp3) is 0.0588. The summed E-state index contributed by atoms with van der Waals surface area (Å²) in [7, 11) is 0. The number of nitrogens with zero attached hydrogens (tertiary/aromatic N) is 2. The summed E-state index contributed by atoms with van der Waals surface area (Å²) in [6.45, 7) is 3.80. The van der Waals surface area contributed by atoms with Gasteiger partial charge in [0.05, 0.1) is 22.7 Å². The van der Waals surface area contributed by atoms with Crippen molar-refractivity contribution in [1.82, 2.24) is 0 Å². The molecule has 2 N–H and O–H groups in total. The van der Waals surface area contributed by atoms with Gasteiger partial charge in [0.1, 0.15) is 11.5 Å². The van der Waals surface area contributed by atoms with Gasteiger partial charge in [-0.3, -0.25) is 0 Å². The highest BCUT2D eigenvalue weighted by Crippen LogP contribution is 2.43. The Morgan fingerprint density at radius 2 is 0.868 bits per heavy atom. The first-order valence-electron chi connectivity index (χ1n) is 12.7. The zero-order valence-electron chi connectivity index (χ0n) is 21.3. The number of aryl methyl sites for hydroxylation is 2. The molecule has 0 atom stereocenters. The number of anilines is 4. The zero-order valence-corrected chi connectivity index (χ0v) is 21.3. The lowest BCUT2D eigenvalue weighted by molar-refractivity contribution is 0.471. The highest BCUT2D eigenvalue weighted by molar-refractivity contribution is 6.03. The summed E-state index contributed by atoms with van der Waals surface area (Å²) in [5.74, 6) is 0.495. The molecule has 0 heterocycles.